The summed E-state index contributed by atoms with van der Waals surface area (Å²) in [5.74, 6) is 1.58. The molecular weight excluding hydrogens is 123 g/mol. The average molecular weight is 130 g/mol. The number of nitrogens with zero attached hydrogens (tertiary/aromatic N) is 2. The van der Waals surface area contributed by atoms with Gasteiger partial charge in [-0.1, -0.05) is 5.46 Å². The fourth-order valence-corrected chi connectivity index (χ4v) is 0.900. The lowest BCUT2D eigenvalue weighted by molar-refractivity contribution is 0.932. The van der Waals surface area contributed by atoms with Crippen molar-refractivity contribution < 1.29 is 0 Å². The Bertz CT molecular complexity index is 228. The Morgan fingerprint density at radius 1 is 1.30 bits per heavy atom. The minimum Gasteiger partial charge on any atom is -0.242 e. The van der Waals surface area contributed by atoms with Crippen LogP contribution in [0.5, 0.6) is 0 Å². The molecule has 0 aromatic carbocycles. The molecule has 48 valence electrons. The van der Waals surface area contributed by atoms with Crippen LogP contribution in [0, 0.1) is 0 Å². The minimum absolute atomic E-state index is 0.626. The first-order valence-electron chi connectivity index (χ1n) is 3.43. The normalized spacial score (nSPS) is 17.2. The van der Waals surface area contributed by atoms with Crippen LogP contribution >= 0.6 is 0 Å². The van der Waals surface area contributed by atoms with E-state index >= 15 is 0 Å². The Labute approximate surface area is 61.1 Å². The van der Waals surface area contributed by atoms with Gasteiger partial charge >= 0.3 is 0 Å². The maximum absolute atomic E-state index is 5.42. The van der Waals surface area contributed by atoms with Crippen molar-refractivity contribution in [1.29, 1.82) is 0 Å². The fourth-order valence-electron chi connectivity index (χ4n) is 0.900. The molecule has 10 heavy (non-hydrogen) atoms. The molecule has 2 rings (SSSR count). The van der Waals surface area contributed by atoms with Crippen LogP contribution in [0.3, 0.4) is 0 Å². The second kappa shape index (κ2) is 2.08. The van der Waals surface area contributed by atoms with Crippen LogP contribution in [0.4, 0.5) is 0 Å². The van der Waals surface area contributed by atoms with Crippen molar-refractivity contribution in [2.24, 2.45) is 0 Å². The van der Waals surface area contributed by atoms with E-state index in [2.05, 4.69) is 9.97 Å². The highest BCUT2D eigenvalue weighted by molar-refractivity contribution is 6.31. The van der Waals surface area contributed by atoms with E-state index in [1.807, 2.05) is 0 Å². The van der Waals surface area contributed by atoms with Gasteiger partial charge in [-0.15, -0.1) is 0 Å². The largest absolute Gasteiger partial charge is 0.242 e. The van der Waals surface area contributed by atoms with Crippen molar-refractivity contribution in [3.8, 4) is 0 Å². The summed E-state index contributed by atoms with van der Waals surface area (Å²) < 4.78 is 0. The molecule has 0 amide bonds. The van der Waals surface area contributed by atoms with Crippen molar-refractivity contribution >= 4 is 13.3 Å². The van der Waals surface area contributed by atoms with Crippen LogP contribution in [0.15, 0.2) is 12.4 Å². The molecule has 1 fully saturated rings. The van der Waals surface area contributed by atoms with E-state index in [9.17, 15) is 0 Å². The van der Waals surface area contributed by atoms with Gasteiger partial charge in [-0.2, -0.15) is 0 Å². The van der Waals surface area contributed by atoms with Crippen LogP contribution < -0.4 is 5.46 Å². The summed E-state index contributed by atoms with van der Waals surface area (Å²) in [5, 5.41) is 0. The first-order valence-corrected chi connectivity index (χ1v) is 3.43. The van der Waals surface area contributed by atoms with Gasteiger partial charge in [0.2, 0.25) is 0 Å². The van der Waals surface area contributed by atoms with E-state index < -0.39 is 0 Å². The molecule has 1 aliphatic carbocycles. The zero-order valence-corrected chi connectivity index (χ0v) is 5.62. The molecule has 1 heterocycles. The molecular formula is C7H7BN2. The predicted molar refractivity (Wildman–Crippen MR) is 39.4 cm³/mol. The number of rotatable bonds is 1. The van der Waals surface area contributed by atoms with Gasteiger partial charge in [0.25, 0.3) is 0 Å². The lowest BCUT2D eigenvalue weighted by atomic mass is 10.0. The third-order valence-electron chi connectivity index (χ3n) is 1.63. The van der Waals surface area contributed by atoms with Crippen LogP contribution in [0.1, 0.15) is 24.6 Å². The van der Waals surface area contributed by atoms with Crippen LogP contribution in [0.25, 0.3) is 0 Å². The van der Waals surface area contributed by atoms with E-state index in [4.69, 9.17) is 7.85 Å². The molecule has 0 atom stereocenters. The number of hydrogen-bond acceptors (Lipinski definition) is 2. The van der Waals surface area contributed by atoms with Crippen molar-refractivity contribution in [2.45, 2.75) is 18.8 Å². The Hall–Kier alpha value is -0.855. The van der Waals surface area contributed by atoms with Gasteiger partial charge < -0.3 is 0 Å². The van der Waals surface area contributed by atoms with Gasteiger partial charge in [-0.05, 0) is 12.8 Å². The Balaban J connectivity index is 2.28. The highest BCUT2D eigenvalue weighted by atomic mass is 14.9. The molecule has 1 aromatic heterocycles. The summed E-state index contributed by atoms with van der Waals surface area (Å²) in [7, 11) is 5.42. The maximum atomic E-state index is 5.42. The molecule has 0 N–H and O–H groups in total. The minimum atomic E-state index is 0.626. The first-order chi connectivity index (χ1) is 4.86. The number of hydrogen-bond donors (Lipinski definition) is 0. The van der Waals surface area contributed by atoms with Crippen LogP contribution in [-0.4, -0.2) is 17.8 Å². The van der Waals surface area contributed by atoms with E-state index in [0.29, 0.717) is 11.4 Å². The van der Waals surface area contributed by atoms with Gasteiger partial charge in [0.15, 0.2) is 0 Å². The zero-order chi connectivity index (χ0) is 6.97. The summed E-state index contributed by atoms with van der Waals surface area (Å²) in [6.07, 6.45) is 5.81. The first kappa shape index (κ1) is 5.89. The molecule has 1 aliphatic rings. The molecule has 0 spiro atoms. The van der Waals surface area contributed by atoms with Gasteiger partial charge in [0, 0.05) is 18.3 Å². The quantitative estimate of drug-likeness (QED) is 0.505. The molecule has 1 saturated carbocycles. The van der Waals surface area contributed by atoms with E-state index in [0.717, 1.165) is 5.82 Å². The third-order valence-corrected chi connectivity index (χ3v) is 1.63. The summed E-state index contributed by atoms with van der Waals surface area (Å²) in [6, 6.07) is 0. The SMILES string of the molecule is [B]c1cnc(C2CC2)nc1. The molecule has 0 aliphatic heterocycles. The predicted octanol–water partition coefficient (Wildman–Crippen LogP) is 0.148. The summed E-state index contributed by atoms with van der Waals surface area (Å²) >= 11 is 0. The van der Waals surface area contributed by atoms with E-state index in [1.54, 1.807) is 12.4 Å². The van der Waals surface area contributed by atoms with Crippen LogP contribution in [0.2, 0.25) is 0 Å². The highest BCUT2D eigenvalue weighted by Crippen LogP contribution is 2.37. The Morgan fingerprint density at radius 3 is 2.40 bits per heavy atom. The van der Waals surface area contributed by atoms with Crippen molar-refractivity contribution in [3.05, 3.63) is 18.2 Å². The lowest BCUT2D eigenvalue weighted by Gasteiger charge is -1.94. The van der Waals surface area contributed by atoms with Crippen LogP contribution in [-0.2, 0) is 0 Å². The molecule has 3 heteroatoms. The molecule has 0 bridgehead atoms. The van der Waals surface area contributed by atoms with Gasteiger partial charge in [0.05, 0.1) is 0 Å². The number of aromatic nitrogens is 2. The average Bonchev–Trinajstić information content (AvgIpc) is 2.71. The van der Waals surface area contributed by atoms with Gasteiger partial charge in [-0.3, -0.25) is 0 Å². The maximum Gasteiger partial charge on any atom is 0.131 e. The van der Waals surface area contributed by atoms with Gasteiger partial charge in [-0.25, -0.2) is 9.97 Å². The summed E-state index contributed by atoms with van der Waals surface area (Å²) in [4.78, 5) is 8.21. The van der Waals surface area contributed by atoms with Crippen molar-refractivity contribution in [3.63, 3.8) is 0 Å². The van der Waals surface area contributed by atoms with Crippen molar-refractivity contribution in [1.82, 2.24) is 9.97 Å². The molecule has 1 aromatic rings. The molecule has 0 unspecified atom stereocenters. The van der Waals surface area contributed by atoms with E-state index in [1.165, 1.54) is 12.8 Å². The molecule has 2 nitrogen and oxygen atoms in total. The second-order valence-electron chi connectivity index (χ2n) is 2.65. The lowest BCUT2D eigenvalue weighted by Crippen LogP contribution is -2.06. The third kappa shape index (κ3) is 1.04. The standard InChI is InChI=1S/C7H7BN2/c8-6-3-9-7(10-4-6)5-1-2-5/h3-5H,1-2H2. The van der Waals surface area contributed by atoms with Gasteiger partial charge in [0.1, 0.15) is 13.7 Å². The molecule has 2 radical (unpaired) electrons. The topological polar surface area (TPSA) is 25.8 Å². The zero-order valence-electron chi connectivity index (χ0n) is 5.62. The summed E-state index contributed by atoms with van der Waals surface area (Å²) in [6.45, 7) is 0. The smallest absolute Gasteiger partial charge is 0.131 e. The summed E-state index contributed by atoms with van der Waals surface area (Å²) in [5.41, 5.74) is 0.643. The highest BCUT2D eigenvalue weighted by Gasteiger charge is 2.25. The van der Waals surface area contributed by atoms with E-state index in [-0.39, 0.29) is 0 Å². The fraction of sp³-hybridized carbons (Fsp3) is 0.429. The molecule has 0 saturated heterocycles. The van der Waals surface area contributed by atoms with Crippen molar-refractivity contribution in [2.75, 3.05) is 0 Å². The Kier molecular flexibility index (Phi) is 1.23. The monoisotopic (exact) mass is 130 g/mol. The Morgan fingerprint density at radius 2 is 1.90 bits per heavy atom. The second-order valence-corrected chi connectivity index (χ2v) is 2.65.